The SMILES string of the molecule is COCCC(C)(C)CNCC(=O)Nc1c(Cl)cccc1Cl. The molecule has 21 heavy (non-hydrogen) atoms. The molecule has 0 aliphatic rings. The van der Waals surface area contributed by atoms with Gasteiger partial charge in [0, 0.05) is 20.3 Å². The lowest BCUT2D eigenvalue weighted by Gasteiger charge is -2.24. The Hall–Kier alpha value is -0.810. The van der Waals surface area contributed by atoms with Crippen LogP contribution in [0.5, 0.6) is 0 Å². The van der Waals surface area contributed by atoms with Crippen LogP contribution in [0.25, 0.3) is 0 Å². The molecule has 1 aromatic carbocycles. The summed E-state index contributed by atoms with van der Waals surface area (Å²) in [4.78, 5) is 11.9. The normalized spacial score (nSPS) is 11.5. The van der Waals surface area contributed by atoms with Gasteiger partial charge in [0.1, 0.15) is 0 Å². The minimum absolute atomic E-state index is 0.0678. The molecular formula is C15H22Cl2N2O2. The molecule has 0 aliphatic heterocycles. The Morgan fingerprint density at radius 3 is 2.48 bits per heavy atom. The number of amides is 1. The number of carbonyl (C=O) groups excluding carboxylic acids is 1. The molecule has 1 rings (SSSR count). The number of rotatable bonds is 8. The lowest BCUT2D eigenvalue weighted by Crippen LogP contribution is -2.35. The van der Waals surface area contributed by atoms with E-state index in [1.165, 1.54) is 0 Å². The van der Waals surface area contributed by atoms with Gasteiger partial charge in [0.15, 0.2) is 0 Å². The quantitative estimate of drug-likeness (QED) is 0.764. The van der Waals surface area contributed by atoms with Crippen LogP contribution in [0.3, 0.4) is 0 Å². The summed E-state index contributed by atoms with van der Waals surface area (Å²) in [6, 6.07) is 5.10. The van der Waals surface area contributed by atoms with Gasteiger partial charge in [-0.3, -0.25) is 4.79 Å². The first-order valence-corrected chi connectivity index (χ1v) is 7.55. The smallest absolute Gasteiger partial charge is 0.238 e. The maximum absolute atomic E-state index is 11.9. The predicted molar refractivity (Wildman–Crippen MR) is 88.2 cm³/mol. The van der Waals surface area contributed by atoms with Crippen molar-refractivity contribution in [3.63, 3.8) is 0 Å². The molecule has 0 bridgehead atoms. The third-order valence-electron chi connectivity index (χ3n) is 3.10. The summed E-state index contributed by atoms with van der Waals surface area (Å²) < 4.78 is 5.07. The molecule has 0 spiro atoms. The van der Waals surface area contributed by atoms with Crippen molar-refractivity contribution in [3.8, 4) is 0 Å². The summed E-state index contributed by atoms with van der Waals surface area (Å²) in [5.41, 5.74) is 0.518. The third kappa shape index (κ3) is 6.66. The van der Waals surface area contributed by atoms with Crippen molar-refractivity contribution in [3.05, 3.63) is 28.2 Å². The van der Waals surface area contributed by atoms with Crippen LogP contribution in [0.1, 0.15) is 20.3 Å². The first-order chi connectivity index (χ1) is 9.85. The van der Waals surface area contributed by atoms with Crippen molar-refractivity contribution in [1.82, 2.24) is 5.32 Å². The van der Waals surface area contributed by atoms with E-state index in [4.69, 9.17) is 27.9 Å². The second-order valence-electron chi connectivity index (χ2n) is 5.66. The largest absolute Gasteiger partial charge is 0.385 e. The monoisotopic (exact) mass is 332 g/mol. The van der Waals surface area contributed by atoms with Crippen LogP contribution < -0.4 is 10.6 Å². The highest BCUT2D eigenvalue weighted by molar-refractivity contribution is 6.39. The van der Waals surface area contributed by atoms with E-state index in [2.05, 4.69) is 24.5 Å². The number of anilines is 1. The zero-order valence-corrected chi connectivity index (χ0v) is 14.1. The lowest BCUT2D eigenvalue weighted by atomic mass is 9.90. The van der Waals surface area contributed by atoms with Gasteiger partial charge in [-0.05, 0) is 24.0 Å². The van der Waals surface area contributed by atoms with Gasteiger partial charge in [0.05, 0.1) is 22.3 Å². The summed E-state index contributed by atoms with van der Waals surface area (Å²) in [6.45, 7) is 5.89. The molecule has 118 valence electrons. The van der Waals surface area contributed by atoms with E-state index >= 15 is 0 Å². The van der Waals surface area contributed by atoms with Crippen LogP contribution in [0.2, 0.25) is 10.0 Å². The highest BCUT2D eigenvalue weighted by atomic mass is 35.5. The number of para-hydroxylation sites is 1. The van der Waals surface area contributed by atoms with Gasteiger partial charge < -0.3 is 15.4 Å². The molecule has 0 radical (unpaired) electrons. The molecule has 0 fully saturated rings. The van der Waals surface area contributed by atoms with E-state index in [1.807, 2.05) is 0 Å². The number of methoxy groups -OCH3 is 1. The van der Waals surface area contributed by atoms with E-state index in [0.717, 1.165) is 13.0 Å². The molecular weight excluding hydrogens is 311 g/mol. The standard InChI is InChI=1S/C15H22Cl2N2O2/c1-15(2,7-8-21-3)10-18-9-13(20)19-14-11(16)5-4-6-12(14)17/h4-6,18H,7-10H2,1-3H3,(H,19,20). The zero-order valence-electron chi connectivity index (χ0n) is 12.6. The highest BCUT2D eigenvalue weighted by Crippen LogP contribution is 2.29. The van der Waals surface area contributed by atoms with Crippen LogP contribution in [0.15, 0.2) is 18.2 Å². The molecule has 4 nitrogen and oxygen atoms in total. The fourth-order valence-electron chi connectivity index (χ4n) is 1.78. The molecule has 0 atom stereocenters. The van der Waals surface area contributed by atoms with Crippen LogP contribution in [-0.4, -0.2) is 32.7 Å². The summed E-state index contributed by atoms with van der Waals surface area (Å²) in [7, 11) is 1.68. The second kappa shape index (κ2) is 8.59. The van der Waals surface area contributed by atoms with Crippen molar-refractivity contribution in [1.29, 1.82) is 0 Å². The Balaban J connectivity index is 2.41. The van der Waals surface area contributed by atoms with E-state index < -0.39 is 0 Å². The van der Waals surface area contributed by atoms with Crippen molar-refractivity contribution in [2.45, 2.75) is 20.3 Å². The Morgan fingerprint density at radius 1 is 1.29 bits per heavy atom. The number of halogens is 2. The van der Waals surface area contributed by atoms with Crippen LogP contribution in [-0.2, 0) is 9.53 Å². The molecule has 0 saturated carbocycles. The molecule has 0 saturated heterocycles. The van der Waals surface area contributed by atoms with Crippen molar-refractivity contribution >= 4 is 34.8 Å². The third-order valence-corrected chi connectivity index (χ3v) is 3.73. The van der Waals surface area contributed by atoms with Gasteiger partial charge in [-0.2, -0.15) is 0 Å². The zero-order chi connectivity index (χ0) is 15.9. The number of ether oxygens (including phenoxy) is 1. The minimum atomic E-state index is -0.174. The van der Waals surface area contributed by atoms with E-state index in [0.29, 0.717) is 22.3 Å². The lowest BCUT2D eigenvalue weighted by molar-refractivity contribution is -0.115. The summed E-state index contributed by atoms with van der Waals surface area (Å²) in [6.07, 6.45) is 0.925. The number of hydrogen-bond donors (Lipinski definition) is 2. The summed E-state index contributed by atoms with van der Waals surface area (Å²) >= 11 is 12.0. The Bertz CT molecular complexity index is 458. The Kier molecular flexibility index (Phi) is 7.46. The molecule has 0 aliphatic carbocycles. The second-order valence-corrected chi connectivity index (χ2v) is 6.47. The first kappa shape index (κ1) is 18.2. The Labute approximate surface area is 136 Å². The van der Waals surface area contributed by atoms with Gasteiger partial charge in [-0.25, -0.2) is 0 Å². The maximum Gasteiger partial charge on any atom is 0.238 e. The summed E-state index contributed by atoms with van der Waals surface area (Å²) in [5.74, 6) is -0.174. The molecule has 0 aromatic heterocycles. The molecule has 6 heteroatoms. The highest BCUT2D eigenvalue weighted by Gasteiger charge is 2.17. The fraction of sp³-hybridized carbons (Fsp3) is 0.533. The van der Waals surface area contributed by atoms with E-state index in [9.17, 15) is 4.79 Å². The van der Waals surface area contributed by atoms with Crippen molar-refractivity contribution < 1.29 is 9.53 Å². The molecule has 2 N–H and O–H groups in total. The van der Waals surface area contributed by atoms with Gasteiger partial charge in [-0.1, -0.05) is 43.1 Å². The average molecular weight is 333 g/mol. The number of hydrogen-bond acceptors (Lipinski definition) is 3. The predicted octanol–water partition coefficient (Wildman–Crippen LogP) is 3.58. The van der Waals surface area contributed by atoms with Gasteiger partial charge in [0.2, 0.25) is 5.91 Å². The van der Waals surface area contributed by atoms with Crippen molar-refractivity contribution in [2.75, 3.05) is 32.1 Å². The van der Waals surface area contributed by atoms with Crippen LogP contribution >= 0.6 is 23.2 Å². The van der Waals surface area contributed by atoms with Crippen LogP contribution in [0.4, 0.5) is 5.69 Å². The molecule has 0 heterocycles. The van der Waals surface area contributed by atoms with Gasteiger partial charge in [0.25, 0.3) is 0 Å². The average Bonchev–Trinajstić information content (AvgIpc) is 2.41. The number of benzene rings is 1. The van der Waals surface area contributed by atoms with Gasteiger partial charge in [-0.15, -0.1) is 0 Å². The number of nitrogens with one attached hydrogen (secondary N) is 2. The maximum atomic E-state index is 11.9. The van der Waals surface area contributed by atoms with Gasteiger partial charge >= 0.3 is 0 Å². The van der Waals surface area contributed by atoms with E-state index in [-0.39, 0.29) is 17.9 Å². The molecule has 0 unspecified atom stereocenters. The molecule has 1 amide bonds. The van der Waals surface area contributed by atoms with Crippen molar-refractivity contribution in [2.24, 2.45) is 5.41 Å². The minimum Gasteiger partial charge on any atom is -0.385 e. The summed E-state index contributed by atoms with van der Waals surface area (Å²) in [5, 5.41) is 6.71. The Morgan fingerprint density at radius 2 is 1.90 bits per heavy atom. The number of carbonyl (C=O) groups is 1. The molecule has 1 aromatic rings. The van der Waals surface area contributed by atoms with Crippen LogP contribution in [0, 0.1) is 5.41 Å². The fourth-order valence-corrected chi connectivity index (χ4v) is 2.27. The first-order valence-electron chi connectivity index (χ1n) is 6.79. The topological polar surface area (TPSA) is 50.4 Å². The van der Waals surface area contributed by atoms with E-state index in [1.54, 1.807) is 25.3 Å².